The Kier molecular flexibility index (Phi) is 4.96. The van der Waals surface area contributed by atoms with Gasteiger partial charge in [-0.1, -0.05) is 12.8 Å². The molecule has 1 aliphatic carbocycles. The first-order chi connectivity index (χ1) is 9.20. The van der Waals surface area contributed by atoms with E-state index in [0.29, 0.717) is 11.9 Å². The molecule has 0 radical (unpaired) electrons. The number of anilines is 2. The highest BCUT2D eigenvalue weighted by Gasteiger charge is 2.22. The summed E-state index contributed by atoms with van der Waals surface area (Å²) in [5.74, 6) is 1.86. The molecule has 0 bridgehead atoms. The van der Waals surface area contributed by atoms with E-state index in [2.05, 4.69) is 20.6 Å². The standard InChI is InChI=1S/C14H24N4O/c1-3-15-14-17-8-10(2)13(18-14)16-9-11-6-4-5-7-12(11)19/h8,11-12,19H,3-7,9H2,1-2H3,(H2,15,16,17,18). The number of aryl methyl sites for hydroxylation is 1. The van der Waals surface area contributed by atoms with Crippen molar-refractivity contribution in [1.29, 1.82) is 0 Å². The van der Waals surface area contributed by atoms with Crippen molar-refractivity contribution >= 4 is 11.8 Å². The molecule has 1 saturated carbocycles. The fraction of sp³-hybridized carbons (Fsp3) is 0.714. The Morgan fingerprint density at radius 1 is 1.32 bits per heavy atom. The fourth-order valence-corrected chi connectivity index (χ4v) is 2.52. The van der Waals surface area contributed by atoms with Crippen molar-refractivity contribution in [1.82, 2.24) is 9.97 Å². The first-order valence-electron chi connectivity index (χ1n) is 7.20. The second kappa shape index (κ2) is 6.70. The zero-order chi connectivity index (χ0) is 13.7. The zero-order valence-corrected chi connectivity index (χ0v) is 11.8. The maximum Gasteiger partial charge on any atom is 0.224 e. The monoisotopic (exact) mass is 264 g/mol. The first-order valence-corrected chi connectivity index (χ1v) is 7.20. The third-order valence-electron chi connectivity index (χ3n) is 3.71. The minimum absolute atomic E-state index is 0.170. The molecule has 19 heavy (non-hydrogen) atoms. The van der Waals surface area contributed by atoms with E-state index < -0.39 is 0 Å². The average molecular weight is 264 g/mol. The van der Waals surface area contributed by atoms with Crippen LogP contribution in [0.2, 0.25) is 0 Å². The third-order valence-corrected chi connectivity index (χ3v) is 3.71. The van der Waals surface area contributed by atoms with Gasteiger partial charge >= 0.3 is 0 Å². The highest BCUT2D eigenvalue weighted by Crippen LogP contribution is 2.25. The number of aliphatic hydroxyl groups excluding tert-OH is 1. The molecule has 1 aromatic heterocycles. The number of aromatic nitrogens is 2. The molecule has 1 aromatic rings. The molecule has 1 heterocycles. The number of nitrogens with one attached hydrogen (secondary N) is 2. The SMILES string of the molecule is CCNc1ncc(C)c(NCC2CCCCC2O)n1. The van der Waals surface area contributed by atoms with Crippen molar-refractivity contribution in [3.63, 3.8) is 0 Å². The Morgan fingerprint density at radius 2 is 2.11 bits per heavy atom. The van der Waals surface area contributed by atoms with Crippen LogP contribution in [0.4, 0.5) is 11.8 Å². The van der Waals surface area contributed by atoms with Gasteiger partial charge in [0.05, 0.1) is 6.10 Å². The minimum atomic E-state index is -0.170. The summed E-state index contributed by atoms with van der Waals surface area (Å²) in [6, 6.07) is 0. The summed E-state index contributed by atoms with van der Waals surface area (Å²) >= 11 is 0. The quantitative estimate of drug-likeness (QED) is 0.760. The Balaban J connectivity index is 1.96. The molecule has 3 N–H and O–H groups in total. The maximum atomic E-state index is 9.97. The topological polar surface area (TPSA) is 70.1 Å². The number of aliphatic hydroxyl groups is 1. The van der Waals surface area contributed by atoms with Crippen LogP contribution in [0.15, 0.2) is 6.20 Å². The largest absolute Gasteiger partial charge is 0.393 e. The molecule has 2 atom stereocenters. The molecule has 106 valence electrons. The van der Waals surface area contributed by atoms with E-state index in [0.717, 1.165) is 43.7 Å². The van der Waals surface area contributed by atoms with Gasteiger partial charge in [0, 0.05) is 30.8 Å². The minimum Gasteiger partial charge on any atom is -0.393 e. The smallest absolute Gasteiger partial charge is 0.224 e. The van der Waals surface area contributed by atoms with Crippen LogP contribution in [0.5, 0.6) is 0 Å². The molecule has 5 heteroatoms. The van der Waals surface area contributed by atoms with E-state index in [9.17, 15) is 5.11 Å². The molecule has 5 nitrogen and oxygen atoms in total. The molecule has 1 aliphatic rings. The predicted octanol–water partition coefficient (Wildman–Crippen LogP) is 2.18. The first kappa shape index (κ1) is 14.1. The van der Waals surface area contributed by atoms with E-state index in [1.807, 2.05) is 20.0 Å². The third kappa shape index (κ3) is 3.80. The van der Waals surface area contributed by atoms with E-state index in [4.69, 9.17) is 0 Å². The summed E-state index contributed by atoms with van der Waals surface area (Å²) < 4.78 is 0. The van der Waals surface area contributed by atoms with Crippen molar-refractivity contribution in [3.05, 3.63) is 11.8 Å². The maximum absolute atomic E-state index is 9.97. The number of hydrogen-bond donors (Lipinski definition) is 3. The van der Waals surface area contributed by atoms with Crippen LogP contribution in [-0.2, 0) is 0 Å². The van der Waals surface area contributed by atoms with Crippen LogP contribution < -0.4 is 10.6 Å². The van der Waals surface area contributed by atoms with Crippen molar-refractivity contribution < 1.29 is 5.11 Å². The van der Waals surface area contributed by atoms with Crippen molar-refractivity contribution in [2.75, 3.05) is 23.7 Å². The predicted molar refractivity (Wildman–Crippen MR) is 77.4 cm³/mol. The number of nitrogens with zero attached hydrogens (tertiary/aromatic N) is 2. The summed E-state index contributed by atoms with van der Waals surface area (Å²) in [4.78, 5) is 8.68. The van der Waals surface area contributed by atoms with Crippen molar-refractivity contribution in [2.45, 2.75) is 45.6 Å². The van der Waals surface area contributed by atoms with E-state index in [1.54, 1.807) is 0 Å². The summed E-state index contributed by atoms with van der Waals surface area (Å²) in [6.07, 6.45) is 6.04. The molecular weight excluding hydrogens is 240 g/mol. The lowest BCUT2D eigenvalue weighted by atomic mass is 9.86. The summed E-state index contributed by atoms with van der Waals surface area (Å²) in [7, 11) is 0. The Morgan fingerprint density at radius 3 is 2.84 bits per heavy atom. The van der Waals surface area contributed by atoms with E-state index in [-0.39, 0.29) is 6.10 Å². The highest BCUT2D eigenvalue weighted by atomic mass is 16.3. The number of hydrogen-bond acceptors (Lipinski definition) is 5. The van der Waals surface area contributed by atoms with Crippen LogP contribution in [0.25, 0.3) is 0 Å². The Hall–Kier alpha value is -1.36. The van der Waals surface area contributed by atoms with Crippen molar-refractivity contribution in [3.8, 4) is 0 Å². The Bertz CT molecular complexity index is 410. The van der Waals surface area contributed by atoms with Gasteiger partial charge in [0.2, 0.25) is 5.95 Å². The van der Waals surface area contributed by atoms with E-state index in [1.165, 1.54) is 6.42 Å². The summed E-state index contributed by atoms with van der Waals surface area (Å²) in [5, 5.41) is 16.4. The van der Waals surface area contributed by atoms with Gasteiger partial charge < -0.3 is 15.7 Å². The summed E-state index contributed by atoms with van der Waals surface area (Å²) in [6.45, 7) is 5.61. The average Bonchev–Trinajstić information content (AvgIpc) is 2.41. The second-order valence-electron chi connectivity index (χ2n) is 5.25. The van der Waals surface area contributed by atoms with E-state index >= 15 is 0 Å². The lowest BCUT2D eigenvalue weighted by Gasteiger charge is -2.28. The Labute approximate surface area is 114 Å². The lowest BCUT2D eigenvalue weighted by Crippen LogP contribution is -2.30. The van der Waals surface area contributed by atoms with Gasteiger partial charge in [-0.25, -0.2) is 4.98 Å². The molecular formula is C14H24N4O. The van der Waals surface area contributed by atoms with Crippen LogP contribution >= 0.6 is 0 Å². The molecule has 0 amide bonds. The van der Waals surface area contributed by atoms with Gasteiger partial charge in [-0.15, -0.1) is 0 Å². The molecule has 0 aliphatic heterocycles. The lowest BCUT2D eigenvalue weighted by molar-refractivity contribution is 0.0763. The highest BCUT2D eigenvalue weighted by molar-refractivity contribution is 5.46. The zero-order valence-electron chi connectivity index (χ0n) is 11.8. The van der Waals surface area contributed by atoms with Gasteiger partial charge in [0.15, 0.2) is 0 Å². The number of rotatable bonds is 5. The van der Waals surface area contributed by atoms with Crippen LogP contribution in [0.1, 0.15) is 38.2 Å². The molecule has 2 unspecified atom stereocenters. The van der Waals surface area contributed by atoms with Gasteiger partial charge in [0.25, 0.3) is 0 Å². The molecule has 1 fully saturated rings. The molecule has 0 spiro atoms. The van der Waals surface area contributed by atoms with Gasteiger partial charge in [0.1, 0.15) is 5.82 Å². The molecule has 2 rings (SSSR count). The molecule has 0 saturated heterocycles. The van der Waals surface area contributed by atoms with Crippen LogP contribution in [-0.4, -0.2) is 34.3 Å². The van der Waals surface area contributed by atoms with Gasteiger partial charge in [-0.3, -0.25) is 0 Å². The fourth-order valence-electron chi connectivity index (χ4n) is 2.52. The van der Waals surface area contributed by atoms with Crippen LogP contribution in [0, 0.1) is 12.8 Å². The normalized spacial score (nSPS) is 23.1. The second-order valence-corrected chi connectivity index (χ2v) is 5.25. The van der Waals surface area contributed by atoms with Crippen LogP contribution in [0.3, 0.4) is 0 Å². The van der Waals surface area contributed by atoms with Crippen molar-refractivity contribution in [2.24, 2.45) is 5.92 Å². The molecule has 0 aromatic carbocycles. The summed E-state index contributed by atoms with van der Waals surface area (Å²) in [5.41, 5.74) is 1.03. The van der Waals surface area contributed by atoms with Gasteiger partial charge in [-0.05, 0) is 26.7 Å². The van der Waals surface area contributed by atoms with Gasteiger partial charge in [-0.2, -0.15) is 4.98 Å².